The highest BCUT2D eigenvalue weighted by Crippen LogP contribution is 2.43. The molecule has 0 spiro atoms. The van der Waals surface area contributed by atoms with Crippen LogP contribution in [0.5, 0.6) is 0 Å². The van der Waals surface area contributed by atoms with E-state index in [9.17, 15) is 4.79 Å². The molecule has 0 aromatic heterocycles. The second kappa shape index (κ2) is 7.60. The third-order valence-corrected chi connectivity index (χ3v) is 3.77. The van der Waals surface area contributed by atoms with Gasteiger partial charge in [0, 0.05) is 26.8 Å². The standard InChI is InChI=1S/C14H20N2O2.C2H6.H2/c17-14(10-16-4-1-6-18-7-5-16)15-13-3-2-11-8-12(11)9-13;1-2;/h2-3,9,11-12H,1,4-8,10H2,(H,15,17);1-2H3;1H. The highest BCUT2D eigenvalue weighted by molar-refractivity contribution is 5.80. The Hall–Kier alpha value is -1.13. The van der Waals surface area contributed by atoms with Crippen LogP contribution in [0, 0.1) is 11.8 Å². The SMILES string of the molecule is CC.O=C(CN1CCCOCC1)NC1=CC2CC2C=C1.[HH]. The molecule has 0 aromatic rings. The van der Waals surface area contributed by atoms with E-state index in [1.165, 1.54) is 6.42 Å². The van der Waals surface area contributed by atoms with E-state index in [1.54, 1.807) is 0 Å². The summed E-state index contributed by atoms with van der Waals surface area (Å²) in [6, 6.07) is 0. The minimum Gasteiger partial charge on any atom is -0.380 e. The molecule has 20 heavy (non-hydrogen) atoms. The van der Waals surface area contributed by atoms with Gasteiger partial charge in [0.15, 0.2) is 0 Å². The van der Waals surface area contributed by atoms with Crippen molar-refractivity contribution in [2.45, 2.75) is 26.7 Å². The van der Waals surface area contributed by atoms with E-state index < -0.39 is 0 Å². The van der Waals surface area contributed by atoms with Crippen LogP contribution in [-0.2, 0) is 9.53 Å². The van der Waals surface area contributed by atoms with Crippen LogP contribution in [0.2, 0.25) is 0 Å². The number of amides is 1. The summed E-state index contributed by atoms with van der Waals surface area (Å²) >= 11 is 0. The summed E-state index contributed by atoms with van der Waals surface area (Å²) in [4.78, 5) is 14.1. The Kier molecular flexibility index (Phi) is 5.80. The first-order valence-electron chi connectivity index (χ1n) is 7.81. The van der Waals surface area contributed by atoms with Gasteiger partial charge < -0.3 is 10.1 Å². The van der Waals surface area contributed by atoms with E-state index in [1.807, 2.05) is 19.9 Å². The summed E-state index contributed by atoms with van der Waals surface area (Å²) in [5.41, 5.74) is 0.977. The number of rotatable bonds is 3. The predicted molar refractivity (Wildman–Crippen MR) is 82.3 cm³/mol. The van der Waals surface area contributed by atoms with Crippen LogP contribution in [0.15, 0.2) is 23.9 Å². The van der Waals surface area contributed by atoms with Crippen LogP contribution >= 0.6 is 0 Å². The lowest BCUT2D eigenvalue weighted by atomic mass is 10.1. The van der Waals surface area contributed by atoms with Crippen LogP contribution in [0.4, 0.5) is 0 Å². The number of ether oxygens (including phenoxy) is 1. The molecule has 1 amide bonds. The van der Waals surface area contributed by atoms with E-state index >= 15 is 0 Å². The molecule has 1 saturated heterocycles. The van der Waals surface area contributed by atoms with Crippen molar-refractivity contribution >= 4 is 5.91 Å². The Balaban J connectivity index is 0.000000706. The van der Waals surface area contributed by atoms with Gasteiger partial charge in [-0.05, 0) is 30.8 Å². The maximum absolute atomic E-state index is 11.9. The maximum atomic E-state index is 11.9. The van der Waals surface area contributed by atoms with Crippen LogP contribution in [0.1, 0.15) is 28.1 Å². The molecule has 0 aromatic carbocycles. The van der Waals surface area contributed by atoms with E-state index in [0.29, 0.717) is 12.5 Å². The van der Waals surface area contributed by atoms with Crippen molar-refractivity contribution in [1.82, 2.24) is 10.2 Å². The van der Waals surface area contributed by atoms with Crippen LogP contribution in [-0.4, -0.2) is 43.7 Å². The van der Waals surface area contributed by atoms with Gasteiger partial charge in [-0.1, -0.05) is 26.0 Å². The molecular formula is C16H28N2O2. The minimum atomic E-state index is 0. The van der Waals surface area contributed by atoms with Crippen molar-refractivity contribution in [2.24, 2.45) is 11.8 Å². The van der Waals surface area contributed by atoms with Crippen LogP contribution in [0.25, 0.3) is 0 Å². The lowest BCUT2D eigenvalue weighted by Gasteiger charge is -2.18. The Morgan fingerprint density at radius 2 is 2.25 bits per heavy atom. The van der Waals surface area contributed by atoms with Crippen molar-refractivity contribution in [3.8, 4) is 0 Å². The molecular weight excluding hydrogens is 252 g/mol. The molecule has 0 bridgehead atoms. The summed E-state index contributed by atoms with van der Waals surface area (Å²) < 4.78 is 5.38. The molecule has 2 atom stereocenters. The number of nitrogens with one attached hydrogen (secondary N) is 1. The molecule has 2 unspecified atom stereocenters. The first-order chi connectivity index (χ1) is 9.81. The topological polar surface area (TPSA) is 41.6 Å². The van der Waals surface area contributed by atoms with Gasteiger partial charge in [-0.3, -0.25) is 9.69 Å². The first-order valence-corrected chi connectivity index (χ1v) is 7.81. The van der Waals surface area contributed by atoms with Crippen molar-refractivity contribution in [1.29, 1.82) is 0 Å². The smallest absolute Gasteiger partial charge is 0.238 e. The minimum absolute atomic E-state index is 0. The zero-order valence-corrected chi connectivity index (χ0v) is 12.6. The normalized spacial score (nSPS) is 28.4. The number of carbonyl (C=O) groups is 1. The molecule has 3 aliphatic rings. The van der Waals surface area contributed by atoms with Crippen LogP contribution < -0.4 is 5.32 Å². The van der Waals surface area contributed by atoms with Crippen molar-refractivity contribution < 1.29 is 11.0 Å². The number of hydrogen-bond acceptors (Lipinski definition) is 3. The maximum Gasteiger partial charge on any atom is 0.238 e. The van der Waals surface area contributed by atoms with E-state index in [0.717, 1.165) is 44.3 Å². The lowest BCUT2D eigenvalue weighted by molar-refractivity contribution is -0.121. The van der Waals surface area contributed by atoms with Crippen molar-refractivity contribution in [3.05, 3.63) is 23.9 Å². The second-order valence-electron chi connectivity index (χ2n) is 5.33. The molecule has 3 rings (SSSR count). The zero-order valence-electron chi connectivity index (χ0n) is 12.6. The molecule has 4 nitrogen and oxygen atoms in total. The average molecular weight is 280 g/mol. The van der Waals surface area contributed by atoms with Crippen molar-refractivity contribution in [2.75, 3.05) is 32.8 Å². The fourth-order valence-corrected chi connectivity index (χ4v) is 2.60. The van der Waals surface area contributed by atoms with Crippen LogP contribution in [0.3, 0.4) is 0 Å². The Labute approximate surface area is 123 Å². The van der Waals surface area contributed by atoms with Gasteiger partial charge in [0.25, 0.3) is 0 Å². The first kappa shape index (κ1) is 15.3. The van der Waals surface area contributed by atoms with E-state index in [-0.39, 0.29) is 7.33 Å². The third-order valence-electron chi connectivity index (χ3n) is 3.77. The Morgan fingerprint density at radius 1 is 1.40 bits per heavy atom. The largest absolute Gasteiger partial charge is 0.380 e. The number of allylic oxidation sites excluding steroid dienone is 3. The van der Waals surface area contributed by atoms with Gasteiger partial charge in [0.2, 0.25) is 5.91 Å². The van der Waals surface area contributed by atoms with Gasteiger partial charge in [0.1, 0.15) is 0 Å². The lowest BCUT2D eigenvalue weighted by Crippen LogP contribution is -2.38. The Bertz CT molecular complexity index is 388. The summed E-state index contributed by atoms with van der Waals surface area (Å²) in [5.74, 6) is 1.51. The molecule has 1 saturated carbocycles. The molecule has 4 heteroatoms. The van der Waals surface area contributed by atoms with Gasteiger partial charge in [-0.15, -0.1) is 0 Å². The number of carbonyl (C=O) groups excluding carboxylic acids is 1. The third kappa shape index (κ3) is 4.46. The highest BCUT2D eigenvalue weighted by Gasteiger charge is 2.35. The predicted octanol–water partition coefficient (Wildman–Crippen LogP) is 2.19. The highest BCUT2D eigenvalue weighted by atomic mass is 16.5. The molecule has 0 radical (unpaired) electrons. The molecule has 1 heterocycles. The van der Waals surface area contributed by atoms with Gasteiger partial charge in [0.05, 0.1) is 13.2 Å². The Morgan fingerprint density at radius 3 is 3.05 bits per heavy atom. The zero-order chi connectivity index (χ0) is 14.4. The van der Waals surface area contributed by atoms with E-state index in [4.69, 9.17) is 4.74 Å². The number of fused-ring (bicyclic) bond motifs is 1. The summed E-state index contributed by atoms with van der Waals surface area (Å²) in [7, 11) is 0. The molecule has 1 N–H and O–H groups in total. The van der Waals surface area contributed by atoms with Crippen molar-refractivity contribution in [3.63, 3.8) is 0 Å². The van der Waals surface area contributed by atoms with Gasteiger partial charge in [-0.25, -0.2) is 0 Å². The molecule has 2 aliphatic carbocycles. The second-order valence-corrected chi connectivity index (χ2v) is 5.33. The number of nitrogens with zero attached hydrogens (tertiary/aromatic N) is 1. The monoisotopic (exact) mass is 280 g/mol. The summed E-state index contributed by atoms with van der Waals surface area (Å²) in [6.07, 6.45) is 8.70. The fraction of sp³-hybridized carbons (Fsp3) is 0.688. The average Bonchev–Trinajstić information content (AvgIpc) is 3.24. The number of hydrogen-bond donors (Lipinski definition) is 1. The van der Waals surface area contributed by atoms with E-state index in [2.05, 4.69) is 22.4 Å². The quantitative estimate of drug-likeness (QED) is 0.861. The molecule has 2 fully saturated rings. The fourth-order valence-electron chi connectivity index (χ4n) is 2.60. The molecule has 114 valence electrons. The van der Waals surface area contributed by atoms with Gasteiger partial charge in [-0.2, -0.15) is 0 Å². The molecule has 1 aliphatic heterocycles. The van der Waals surface area contributed by atoms with Gasteiger partial charge >= 0.3 is 0 Å². The summed E-state index contributed by atoms with van der Waals surface area (Å²) in [6.45, 7) is 7.83. The summed E-state index contributed by atoms with van der Waals surface area (Å²) in [5, 5.41) is 3.00.